The molecule has 0 amide bonds. The third kappa shape index (κ3) is 4.99. The average molecular weight is 485 g/mol. The monoisotopic (exact) mass is 484 g/mol. The molecule has 1 aromatic carbocycles. The number of thiazole rings is 1. The Hall–Kier alpha value is -3.86. The van der Waals surface area contributed by atoms with Gasteiger partial charge >= 0.3 is 0 Å². The number of nitrogens with zero attached hydrogens (tertiary/aromatic N) is 7. The number of likely N-dealkylation sites (N-methyl/N-ethyl adjacent to an activating group) is 1. The van der Waals surface area contributed by atoms with Crippen LogP contribution in [-0.2, 0) is 6.42 Å². The van der Waals surface area contributed by atoms with Gasteiger partial charge in [0.1, 0.15) is 33.8 Å². The van der Waals surface area contributed by atoms with Gasteiger partial charge in [0.2, 0.25) is 0 Å². The molecule has 0 unspecified atom stereocenters. The lowest BCUT2D eigenvalue weighted by Crippen LogP contribution is -2.44. The molecule has 9 nitrogen and oxygen atoms in total. The first-order chi connectivity index (χ1) is 17.0. The lowest BCUT2D eigenvalue weighted by atomic mass is 9.95. The highest BCUT2D eigenvalue weighted by Crippen LogP contribution is 2.47. The molecule has 0 bridgehead atoms. The van der Waals surface area contributed by atoms with Gasteiger partial charge in [-0.1, -0.05) is 35.6 Å². The van der Waals surface area contributed by atoms with Gasteiger partial charge in [0.05, 0.1) is 12.3 Å². The first kappa shape index (κ1) is 22.9. The second-order valence-electron chi connectivity index (χ2n) is 8.98. The smallest absolute Gasteiger partial charge is 0.189 e. The van der Waals surface area contributed by atoms with Crippen molar-refractivity contribution >= 4 is 33.9 Å². The Morgan fingerprint density at radius 2 is 1.89 bits per heavy atom. The molecule has 3 heterocycles. The lowest BCUT2D eigenvalue weighted by molar-refractivity contribution is 0.0934. The van der Waals surface area contributed by atoms with Crippen molar-refractivity contribution in [3.05, 3.63) is 58.4 Å². The Labute approximate surface area is 207 Å². The number of carbonyl (C=O) groups excluding carboxylic acids is 1. The number of benzene rings is 1. The standard InChI is InChI=1S/C25H24N8OS/c1-32-8-10-33(11-9-32)22-13-21(31-24-28-15-19(14-26)35-24)29-20(30-22)12-17-2-4-18(5-3-17)23(34)25(16-27)6-7-25/h2-5,13,15H,6-12H2,1H3,(H,28,29,30,31). The molecule has 1 N–H and O–H groups in total. The highest BCUT2D eigenvalue weighted by atomic mass is 32.1. The van der Waals surface area contributed by atoms with Crippen molar-refractivity contribution in [3.8, 4) is 12.1 Å². The number of hydrogen-bond acceptors (Lipinski definition) is 10. The number of nitrogens with one attached hydrogen (secondary N) is 1. The van der Waals surface area contributed by atoms with Crippen molar-refractivity contribution in [2.24, 2.45) is 5.41 Å². The zero-order valence-corrected chi connectivity index (χ0v) is 20.2. The fourth-order valence-electron chi connectivity index (χ4n) is 4.06. The van der Waals surface area contributed by atoms with E-state index in [0.29, 0.717) is 46.5 Å². The van der Waals surface area contributed by atoms with Crippen LogP contribution >= 0.6 is 11.3 Å². The van der Waals surface area contributed by atoms with Gasteiger partial charge in [0.15, 0.2) is 10.9 Å². The van der Waals surface area contributed by atoms with Gasteiger partial charge in [-0.05, 0) is 25.5 Å². The van der Waals surface area contributed by atoms with E-state index < -0.39 is 5.41 Å². The predicted octanol–water partition coefficient (Wildman–Crippen LogP) is 3.38. The van der Waals surface area contributed by atoms with Gasteiger partial charge in [-0.2, -0.15) is 10.5 Å². The Balaban J connectivity index is 1.39. The topological polar surface area (TPSA) is 122 Å². The summed E-state index contributed by atoms with van der Waals surface area (Å²) in [5.74, 6) is 2.03. The minimum atomic E-state index is -0.816. The van der Waals surface area contributed by atoms with Gasteiger partial charge in [0, 0.05) is 44.2 Å². The van der Waals surface area contributed by atoms with E-state index in [1.165, 1.54) is 17.5 Å². The zero-order chi connectivity index (χ0) is 24.4. The number of rotatable bonds is 7. The fraction of sp³-hybridized carbons (Fsp3) is 0.360. The van der Waals surface area contributed by atoms with Crippen LogP contribution < -0.4 is 10.2 Å². The van der Waals surface area contributed by atoms with Crippen LogP contribution in [0.25, 0.3) is 0 Å². The maximum Gasteiger partial charge on any atom is 0.189 e. The molecule has 176 valence electrons. The van der Waals surface area contributed by atoms with Crippen LogP contribution in [0.3, 0.4) is 0 Å². The molecule has 1 aliphatic carbocycles. The average Bonchev–Trinajstić information content (AvgIpc) is 3.56. The van der Waals surface area contributed by atoms with Crippen molar-refractivity contribution in [1.29, 1.82) is 10.5 Å². The first-order valence-electron chi connectivity index (χ1n) is 11.5. The van der Waals surface area contributed by atoms with E-state index in [0.717, 1.165) is 37.6 Å². The maximum atomic E-state index is 12.6. The molecular weight excluding hydrogens is 460 g/mol. The number of piperazine rings is 1. The van der Waals surface area contributed by atoms with Crippen LogP contribution in [0.1, 0.15) is 39.5 Å². The van der Waals surface area contributed by atoms with Crippen molar-refractivity contribution in [2.75, 3.05) is 43.4 Å². The Bertz CT molecular complexity index is 1320. The summed E-state index contributed by atoms with van der Waals surface area (Å²) >= 11 is 1.27. The van der Waals surface area contributed by atoms with Gasteiger partial charge in [-0.3, -0.25) is 4.79 Å². The molecule has 3 aromatic rings. The first-order valence-corrected chi connectivity index (χ1v) is 12.3. The summed E-state index contributed by atoms with van der Waals surface area (Å²) in [7, 11) is 2.11. The number of ketones is 1. The van der Waals surface area contributed by atoms with E-state index in [1.807, 2.05) is 18.2 Å². The Morgan fingerprint density at radius 3 is 2.51 bits per heavy atom. The highest BCUT2D eigenvalue weighted by molar-refractivity contribution is 7.16. The number of anilines is 3. The molecule has 2 fully saturated rings. The van der Waals surface area contributed by atoms with Gasteiger partial charge in [-0.15, -0.1) is 0 Å². The lowest BCUT2D eigenvalue weighted by Gasteiger charge is -2.33. The van der Waals surface area contributed by atoms with Crippen LogP contribution in [0.5, 0.6) is 0 Å². The number of aromatic nitrogens is 3. The SMILES string of the molecule is CN1CCN(c2cc(Nc3ncc(C#N)s3)nc(Cc3ccc(C(=O)C4(C#N)CC4)cc3)n2)CC1. The van der Waals surface area contributed by atoms with Crippen molar-refractivity contribution in [2.45, 2.75) is 19.3 Å². The van der Waals surface area contributed by atoms with Crippen molar-refractivity contribution < 1.29 is 4.79 Å². The molecular formula is C25H24N8OS. The molecule has 1 saturated heterocycles. The maximum absolute atomic E-state index is 12.6. The molecule has 0 spiro atoms. The summed E-state index contributed by atoms with van der Waals surface area (Å²) in [4.78, 5) is 31.5. The second kappa shape index (κ2) is 9.41. The van der Waals surface area contributed by atoms with E-state index in [-0.39, 0.29) is 5.78 Å². The Kier molecular flexibility index (Phi) is 6.16. The van der Waals surface area contributed by atoms with E-state index in [1.54, 1.807) is 12.1 Å². The normalized spacial score (nSPS) is 16.8. The summed E-state index contributed by atoms with van der Waals surface area (Å²) in [6, 6.07) is 13.6. The molecule has 0 radical (unpaired) electrons. The summed E-state index contributed by atoms with van der Waals surface area (Å²) < 4.78 is 0. The molecule has 2 aliphatic rings. The summed E-state index contributed by atoms with van der Waals surface area (Å²) in [6.07, 6.45) is 3.32. The molecule has 1 saturated carbocycles. The van der Waals surface area contributed by atoms with E-state index in [2.05, 4.69) is 39.3 Å². The molecule has 2 aromatic heterocycles. The number of Topliss-reactive ketones (excluding diaryl/α,β-unsaturated/α-hetero) is 1. The van der Waals surface area contributed by atoms with Crippen molar-refractivity contribution in [3.63, 3.8) is 0 Å². The molecule has 10 heteroatoms. The summed E-state index contributed by atoms with van der Waals surface area (Å²) in [6.45, 7) is 3.67. The third-order valence-electron chi connectivity index (χ3n) is 6.41. The van der Waals surface area contributed by atoms with Gasteiger partial charge < -0.3 is 15.1 Å². The summed E-state index contributed by atoms with van der Waals surface area (Å²) in [5, 5.41) is 22.2. The van der Waals surface area contributed by atoms with Crippen LogP contribution in [0, 0.1) is 28.1 Å². The second-order valence-corrected chi connectivity index (χ2v) is 10.0. The summed E-state index contributed by atoms with van der Waals surface area (Å²) in [5.41, 5.74) is 0.730. The van der Waals surface area contributed by atoms with Crippen LogP contribution in [0.4, 0.5) is 16.8 Å². The molecule has 35 heavy (non-hydrogen) atoms. The van der Waals surface area contributed by atoms with E-state index >= 15 is 0 Å². The molecule has 1 aliphatic heterocycles. The van der Waals surface area contributed by atoms with Crippen LogP contribution in [0.2, 0.25) is 0 Å². The number of carbonyl (C=O) groups is 1. The van der Waals surface area contributed by atoms with Crippen LogP contribution in [-0.4, -0.2) is 58.9 Å². The fourth-order valence-corrected chi connectivity index (χ4v) is 4.68. The quantitative estimate of drug-likeness (QED) is 0.503. The third-order valence-corrected chi connectivity index (χ3v) is 7.23. The van der Waals surface area contributed by atoms with Gasteiger partial charge in [0.25, 0.3) is 0 Å². The number of hydrogen-bond donors (Lipinski definition) is 1. The van der Waals surface area contributed by atoms with Crippen LogP contribution in [0.15, 0.2) is 36.5 Å². The molecule has 5 rings (SSSR count). The minimum Gasteiger partial charge on any atom is -0.354 e. The van der Waals surface area contributed by atoms with Gasteiger partial charge in [-0.25, -0.2) is 15.0 Å². The Morgan fingerprint density at radius 1 is 1.14 bits per heavy atom. The van der Waals surface area contributed by atoms with E-state index in [9.17, 15) is 10.1 Å². The number of nitriles is 2. The largest absolute Gasteiger partial charge is 0.354 e. The molecule has 0 atom stereocenters. The van der Waals surface area contributed by atoms with Crippen molar-refractivity contribution in [1.82, 2.24) is 19.9 Å². The van der Waals surface area contributed by atoms with E-state index in [4.69, 9.17) is 15.2 Å². The predicted molar refractivity (Wildman–Crippen MR) is 133 cm³/mol. The highest BCUT2D eigenvalue weighted by Gasteiger charge is 2.50. The minimum absolute atomic E-state index is 0.0912. The zero-order valence-electron chi connectivity index (χ0n) is 19.4.